The summed E-state index contributed by atoms with van der Waals surface area (Å²) in [7, 11) is 0. The molecule has 0 spiro atoms. The highest BCUT2D eigenvalue weighted by molar-refractivity contribution is 5.81. The number of nitrogens with two attached hydrogens (primary N) is 2. The first-order valence-electron chi connectivity index (χ1n) is 9.78. The molecule has 1 atom stereocenters. The Kier molecular flexibility index (Phi) is 5.35. The minimum atomic E-state index is -0.851. The van der Waals surface area contributed by atoms with Crippen LogP contribution in [0.1, 0.15) is 29.9 Å². The highest BCUT2D eigenvalue weighted by Crippen LogP contribution is 2.26. The summed E-state index contributed by atoms with van der Waals surface area (Å²) in [5.41, 5.74) is 11.9. The molecule has 11 heteroatoms. The number of anilines is 3. The average Bonchev–Trinajstić information content (AvgIpc) is 2.72. The predicted molar refractivity (Wildman–Crippen MR) is 120 cm³/mol. The van der Waals surface area contributed by atoms with Crippen molar-refractivity contribution in [1.82, 2.24) is 19.5 Å². The minimum absolute atomic E-state index is 0.0329. The molecule has 0 fully saturated rings. The number of hydrogen-bond donors (Lipinski definition) is 3. The van der Waals surface area contributed by atoms with Gasteiger partial charge in [0.15, 0.2) is 5.82 Å². The van der Waals surface area contributed by atoms with E-state index in [4.69, 9.17) is 11.5 Å². The number of nitriles is 1. The van der Waals surface area contributed by atoms with Crippen LogP contribution in [0.2, 0.25) is 0 Å². The summed E-state index contributed by atoms with van der Waals surface area (Å²) in [5.74, 6) is -1.82. The number of rotatable bonds is 4. The van der Waals surface area contributed by atoms with Crippen LogP contribution in [0.5, 0.6) is 0 Å². The van der Waals surface area contributed by atoms with Crippen molar-refractivity contribution in [3.63, 3.8) is 0 Å². The summed E-state index contributed by atoms with van der Waals surface area (Å²) in [5, 5.41) is 12.7. The van der Waals surface area contributed by atoms with Crippen LogP contribution < -0.4 is 22.3 Å². The molecule has 4 aromatic rings. The number of fused-ring (bicyclic) bond motifs is 1. The molecule has 0 aliphatic rings. The highest BCUT2D eigenvalue weighted by Gasteiger charge is 2.22. The van der Waals surface area contributed by atoms with Gasteiger partial charge in [0.1, 0.15) is 34.9 Å². The van der Waals surface area contributed by atoms with E-state index in [1.807, 2.05) is 6.07 Å². The maximum Gasteiger partial charge on any atom is 0.266 e. The van der Waals surface area contributed by atoms with Crippen molar-refractivity contribution in [1.29, 1.82) is 5.26 Å². The molecule has 9 nitrogen and oxygen atoms in total. The fraction of sp³-hybridized carbons (Fsp3) is 0.136. The van der Waals surface area contributed by atoms with Gasteiger partial charge < -0.3 is 16.8 Å². The van der Waals surface area contributed by atoms with E-state index in [-0.39, 0.29) is 34.7 Å². The summed E-state index contributed by atoms with van der Waals surface area (Å²) in [4.78, 5) is 25.9. The largest absolute Gasteiger partial charge is 0.382 e. The van der Waals surface area contributed by atoms with Crippen molar-refractivity contribution < 1.29 is 8.78 Å². The lowest BCUT2D eigenvalue weighted by molar-refractivity contribution is 0.579. The third kappa shape index (κ3) is 3.89. The Labute approximate surface area is 186 Å². The maximum atomic E-state index is 14.0. The molecule has 2 aromatic carbocycles. The van der Waals surface area contributed by atoms with Gasteiger partial charge in [0, 0.05) is 6.07 Å². The Morgan fingerprint density at radius 2 is 1.82 bits per heavy atom. The third-order valence-corrected chi connectivity index (χ3v) is 5.04. The van der Waals surface area contributed by atoms with Crippen LogP contribution in [0.4, 0.5) is 26.4 Å². The summed E-state index contributed by atoms with van der Waals surface area (Å²) in [6, 6.07) is 9.07. The Hall–Kier alpha value is -4.59. The quantitative estimate of drug-likeness (QED) is 0.431. The lowest BCUT2D eigenvalue weighted by Gasteiger charge is -2.21. The number of nitrogens with zero attached hydrogens (tertiary/aromatic N) is 5. The zero-order valence-corrected chi connectivity index (χ0v) is 17.6. The average molecular weight is 448 g/mol. The van der Waals surface area contributed by atoms with E-state index in [1.165, 1.54) is 0 Å². The van der Waals surface area contributed by atoms with Crippen LogP contribution in [0.3, 0.4) is 0 Å². The molecule has 0 bridgehead atoms. The predicted octanol–water partition coefficient (Wildman–Crippen LogP) is 2.97. The summed E-state index contributed by atoms with van der Waals surface area (Å²) >= 11 is 0. The molecule has 33 heavy (non-hydrogen) atoms. The molecule has 166 valence electrons. The Bertz CT molecular complexity index is 1490. The molecule has 0 saturated carbocycles. The van der Waals surface area contributed by atoms with Crippen molar-refractivity contribution in [3.8, 4) is 11.8 Å². The van der Waals surface area contributed by atoms with Gasteiger partial charge >= 0.3 is 0 Å². The smallest absolute Gasteiger partial charge is 0.266 e. The first-order valence-corrected chi connectivity index (χ1v) is 9.78. The van der Waals surface area contributed by atoms with Gasteiger partial charge in [-0.1, -0.05) is 12.1 Å². The number of halogens is 2. The number of benzene rings is 2. The van der Waals surface area contributed by atoms with Gasteiger partial charge in [0.05, 0.1) is 22.6 Å². The van der Waals surface area contributed by atoms with Crippen LogP contribution in [0.25, 0.3) is 16.6 Å². The molecule has 0 aliphatic carbocycles. The second-order valence-corrected chi connectivity index (χ2v) is 7.38. The van der Waals surface area contributed by atoms with Crippen molar-refractivity contribution in [3.05, 3.63) is 75.3 Å². The van der Waals surface area contributed by atoms with E-state index in [2.05, 4.69) is 20.3 Å². The molecule has 0 radical (unpaired) electrons. The molecule has 1 unspecified atom stereocenters. The number of aryl methyl sites for hydroxylation is 1. The van der Waals surface area contributed by atoms with Gasteiger partial charge in [-0.05, 0) is 37.6 Å². The monoisotopic (exact) mass is 448 g/mol. The van der Waals surface area contributed by atoms with Gasteiger partial charge in [0.2, 0.25) is 5.95 Å². The molecule has 0 amide bonds. The Balaban J connectivity index is 1.97. The van der Waals surface area contributed by atoms with Crippen molar-refractivity contribution in [2.45, 2.75) is 19.9 Å². The van der Waals surface area contributed by atoms with Gasteiger partial charge in [-0.3, -0.25) is 9.36 Å². The molecular weight excluding hydrogens is 430 g/mol. The van der Waals surface area contributed by atoms with Crippen molar-refractivity contribution >= 4 is 28.5 Å². The molecule has 0 aliphatic heterocycles. The molecule has 0 saturated heterocycles. The Morgan fingerprint density at radius 1 is 1.12 bits per heavy atom. The zero-order chi connectivity index (χ0) is 23.9. The SMILES string of the molecule is Cc1cccc2nc(C(C)Nc3nc(N)nc(N)c3C#N)n(-c3cc(F)cc(F)c3)c(=O)c12. The molecule has 4 rings (SSSR count). The van der Waals surface area contributed by atoms with E-state index in [0.29, 0.717) is 22.5 Å². The van der Waals surface area contributed by atoms with E-state index in [0.717, 1.165) is 16.7 Å². The molecular formula is C22H18F2N8O. The highest BCUT2D eigenvalue weighted by atomic mass is 19.1. The van der Waals surface area contributed by atoms with Crippen molar-refractivity contribution in [2.75, 3.05) is 16.8 Å². The number of hydrogen-bond acceptors (Lipinski definition) is 8. The zero-order valence-electron chi connectivity index (χ0n) is 17.6. The summed E-state index contributed by atoms with van der Waals surface area (Å²) in [6.45, 7) is 3.39. The van der Waals surface area contributed by atoms with Gasteiger partial charge in [-0.2, -0.15) is 15.2 Å². The second-order valence-electron chi connectivity index (χ2n) is 7.38. The maximum absolute atomic E-state index is 14.0. The summed E-state index contributed by atoms with van der Waals surface area (Å²) in [6.07, 6.45) is 0. The van der Waals surface area contributed by atoms with Crippen LogP contribution >= 0.6 is 0 Å². The van der Waals surface area contributed by atoms with Gasteiger partial charge in [-0.25, -0.2) is 13.8 Å². The Morgan fingerprint density at radius 3 is 2.48 bits per heavy atom. The van der Waals surface area contributed by atoms with E-state index >= 15 is 0 Å². The van der Waals surface area contributed by atoms with E-state index in [1.54, 1.807) is 32.0 Å². The first-order chi connectivity index (χ1) is 15.7. The topological polar surface area (TPSA) is 149 Å². The van der Waals surface area contributed by atoms with Crippen molar-refractivity contribution in [2.24, 2.45) is 0 Å². The number of nitrogen functional groups attached to an aromatic ring is 2. The third-order valence-electron chi connectivity index (χ3n) is 5.04. The first kappa shape index (κ1) is 21.6. The van der Waals surface area contributed by atoms with Crippen LogP contribution in [0.15, 0.2) is 41.2 Å². The van der Waals surface area contributed by atoms with Crippen LogP contribution in [0, 0.1) is 29.9 Å². The normalized spacial score (nSPS) is 11.8. The van der Waals surface area contributed by atoms with Gasteiger partial charge in [0.25, 0.3) is 5.56 Å². The summed E-state index contributed by atoms with van der Waals surface area (Å²) < 4.78 is 29.2. The van der Waals surface area contributed by atoms with Crippen LogP contribution in [-0.4, -0.2) is 19.5 Å². The second kappa shape index (κ2) is 8.16. The van der Waals surface area contributed by atoms with Gasteiger partial charge in [-0.15, -0.1) is 0 Å². The molecule has 2 aromatic heterocycles. The fourth-order valence-corrected chi connectivity index (χ4v) is 3.60. The fourth-order valence-electron chi connectivity index (χ4n) is 3.60. The number of aromatic nitrogens is 4. The molecule has 2 heterocycles. The standard InChI is InChI=1S/C22H18F2N8O/c1-10-4-3-5-16-17(10)21(33)32(14-7-12(23)6-13(24)8-14)20(29-16)11(2)28-19-15(9-25)18(26)30-22(27)31-19/h3-8,11H,1-2H3,(H5,26,27,28,30,31). The lowest BCUT2D eigenvalue weighted by Crippen LogP contribution is -2.28. The van der Waals surface area contributed by atoms with E-state index in [9.17, 15) is 18.8 Å². The minimum Gasteiger partial charge on any atom is -0.382 e. The van der Waals surface area contributed by atoms with Crippen LogP contribution in [-0.2, 0) is 0 Å². The van der Waals surface area contributed by atoms with E-state index < -0.39 is 23.2 Å². The molecule has 5 N–H and O–H groups in total. The lowest BCUT2D eigenvalue weighted by atomic mass is 10.1. The number of nitrogens with one attached hydrogen (secondary N) is 1.